The molecule has 0 aliphatic rings. The van der Waals surface area contributed by atoms with Gasteiger partial charge in [-0.15, -0.1) is 12.6 Å². The molecule has 0 amide bonds. The molecule has 0 N–H and O–H groups in total. The van der Waals surface area contributed by atoms with Gasteiger partial charge in [0, 0.05) is 6.92 Å². The van der Waals surface area contributed by atoms with Crippen LogP contribution in [0.15, 0.2) is 0 Å². The summed E-state index contributed by atoms with van der Waals surface area (Å²) in [6.07, 6.45) is 0. The van der Waals surface area contributed by atoms with E-state index in [1.165, 1.54) is 6.92 Å². The quantitative estimate of drug-likeness (QED) is 0.272. The molecular weight excluding hydrogens is 111 g/mol. The predicted molar refractivity (Wildman–Crippen MR) is 19.7 cm³/mol. The van der Waals surface area contributed by atoms with Crippen LogP contribution in [0.1, 0.15) is 6.92 Å². The van der Waals surface area contributed by atoms with Crippen molar-refractivity contribution in [3.63, 3.8) is 0 Å². The number of carbonyl (C=O) groups excluding carboxylic acids is 1. The normalized spacial score (nSPS) is 5.20. The van der Waals surface area contributed by atoms with Crippen molar-refractivity contribution >= 4 is 17.7 Å². The maximum absolute atomic E-state index is 9.31. The summed E-state index contributed by atoms with van der Waals surface area (Å²) in [7, 11) is 0. The molecule has 24 valence electrons. The van der Waals surface area contributed by atoms with Crippen molar-refractivity contribution in [3.05, 3.63) is 0 Å². The number of rotatable bonds is 0. The Balaban J connectivity index is 0. The fourth-order valence-electron chi connectivity index (χ4n) is 0. The molecule has 1 nitrogen and oxygen atoms in total. The van der Waals surface area contributed by atoms with Crippen LogP contribution in [-0.4, -0.2) is 5.12 Å². The van der Waals surface area contributed by atoms with Crippen LogP contribution in [0.3, 0.4) is 0 Å². The molecule has 0 aromatic heterocycles. The van der Waals surface area contributed by atoms with Crippen molar-refractivity contribution in [3.8, 4) is 0 Å². The Labute approximate surface area is 79.3 Å². The molecule has 0 aromatic rings. The van der Waals surface area contributed by atoms with Gasteiger partial charge in [0.15, 0.2) is 5.12 Å². The van der Waals surface area contributed by atoms with Crippen molar-refractivity contribution in [2.24, 2.45) is 0 Å². The third-order valence-corrected chi connectivity index (χ3v) is 0. The molecule has 0 rings (SSSR count). The minimum atomic E-state index is -0.139. The first-order valence-corrected chi connectivity index (χ1v) is 1.37. The zero-order chi connectivity index (χ0) is 3.58. The van der Waals surface area contributed by atoms with E-state index in [0.717, 1.165) is 0 Å². The monoisotopic (exact) mass is 115 g/mol. The maximum Gasteiger partial charge on any atom is 1.00 e. The van der Waals surface area contributed by atoms with E-state index in [4.69, 9.17) is 0 Å². The van der Waals surface area contributed by atoms with Crippen LogP contribution >= 0.6 is 12.6 Å². The second-order valence-electron chi connectivity index (χ2n) is 0.519. The second kappa shape index (κ2) is 5.66. The zero-order valence-electron chi connectivity index (χ0n) is 3.36. The van der Waals surface area contributed by atoms with E-state index in [0.29, 0.717) is 0 Å². The van der Waals surface area contributed by atoms with E-state index in [2.05, 4.69) is 12.6 Å². The van der Waals surface area contributed by atoms with Gasteiger partial charge in [-0.3, -0.25) is 4.79 Å². The van der Waals surface area contributed by atoms with Gasteiger partial charge in [-0.25, -0.2) is 0 Å². The third kappa shape index (κ3) is 27.6. The average Bonchev–Trinajstić information content (AvgIpc) is 0.811. The summed E-state index contributed by atoms with van der Waals surface area (Å²) in [5.41, 5.74) is 0. The number of hydrogen-bond donors (Lipinski definition) is 1. The maximum atomic E-state index is 9.31. The largest absolute Gasteiger partial charge is 1.00 e. The van der Waals surface area contributed by atoms with E-state index in [1.54, 1.807) is 0 Å². The molecule has 0 radical (unpaired) electrons. The molecule has 0 saturated heterocycles. The predicted octanol–water partition coefficient (Wildman–Crippen LogP) is -2.53. The summed E-state index contributed by atoms with van der Waals surface area (Å²) >= 11 is 3.33. The van der Waals surface area contributed by atoms with Gasteiger partial charge in [-0.05, 0) is 0 Å². The molecule has 3 heteroatoms. The van der Waals surface area contributed by atoms with Crippen molar-refractivity contribution in [1.82, 2.24) is 0 Å². The molecule has 0 heterocycles. The molecule has 5 heavy (non-hydrogen) atoms. The van der Waals surface area contributed by atoms with Crippen molar-refractivity contribution in [2.45, 2.75) is 6.92 Å². The molecular formula is C2H4KOS+. The van der Waals surface area contributed by atoms with Crippen molar-refractivity contribution < 1.29 is 56.2 Å². The van der Waals surface area contributed by atoms with Crippen LogP contribution in [-0.2, 0) is 4.79 Å². The van der Waals surface area contributed by atoms with Crippen LogP contribution in [0.2, 0.25) is 0 Å². The summed E-state index contributed by atoms with van der Waals surface area (Å²) in [6, 6.07) is 0. The first kappa shape index (κ1) is 9.82. The average molecular weight is 115 g/mol. The van der Waals surface area contributed by atoms with Crippen LogP contribution in [0.4, 0.5) is 0 Å². The molecule has 0 saturated carbocycles. The van der Waals surface area contributed by atoms with Gasteiger partial charge in [0.1, 0.15) is 0 Å². The number of hydrogen-bond acceptors (Lipinski definition) is 1. The van der Waals surface area contributed by atoms with Gasteiger partial charge in [-0.1, -0.05) is 0 Å². The standard InChI is InChI=1S/C2H4OS.K/c1-2(3)4;/h1H3,(H,3,4);/q;+1. The smallest absolute Gasteiger partial charge is 0.288 e. The molecule has 0 aromatic carbocycles. The Morgan fingerprint density at radius 2 is 1.80 bits per heavy atom. The first-order chi connectivity index (χ1) is 1.73. The van der Waals surface area contributed by atoms with Gasteiger partial charge >= 0.3 is 51.4 Å². The summed E-state index contributed by atoms with van der Waals surface area (Å²) in [5, 5.41) is -0.139. The van der Waals surface area contributed by atoms with E-state index in [1.807, 2.05) is 0 Å². The Morgan fingerprint density at radius 3 is 1.80 bits per heavy atom. The Kier molecular flexibility index (Phi) is 11.1. The molecule has 0 unspecified atom stereocenters. The zero-order valence-corrected chi connectivity index (χ0v) is 7.37. The van der Waals surface area contributed by atoms with Gasteiger partial charge in [-0.2, -0.15) is 0 Å². The van der Waals surface area contributed by atoms with E-state index >= 15 is 0 Å². The fraction of sp³-hybridized carbons (Fsp3) is 0.500. The summed E-state index contributed by atoms with van der Waals surface area (Å²) < 4.78 is 0. The molecule has 0 atom stereocenters. The Bertz CT molecular complexity index is 32.6. The molecule has 0 aliphatic carbocycles. The summed E-state index contributed by atoms with van der Waals surface area (Å²) in [4.78, 5) is 9.31. The van der Waals surface area contributed by atoms with Crippen LogP contribution in [0.25, 0.3) is 0 Å². The van der Waals surface area contributed by atoms with Crippen LogP contribution < -0.4 is 51.4 Å². The Morgan fingerprint density at radius 1 is 1.80 bits per heavy atom. The van der Waals surface area contributed by atoms with E-state index in [-0.39, 0.29) is 56.5 Å². The molecule has 0 spiro atoms. The minimum absolute atomic E-state index is 0. The topological polar surface area (TPSA) is 17.1 Å². The SMILES string of the molecule is CC(=O)S.[K+]. The minimum Gasteiger partial charge on any atom is -0.288 e. The van der Waals surface area contributed by atoms with Crippen molar-refractivity contribution in [1.29, 1.82) is 0 Å². The Hall–Kier alpha value is 1.66. The molecule has 0 bridgehead atoms. The first-order valence-electron chi connectivity index (χ1n) is 0.928. The van der Waals surface area contributed by atoms with Crippen molar-refractivity contribution in [2.75, 3.05) is 0 Å². The van der Waals surface area contributed by atoms with E-state index in [9.17, 15) is 4.79 Å². The van der Waals surface area contributed by atoms with Gasteiger partial charge in [0.25, 0.3) is 0 Å². The number of carbonyl (C=O) groups is 1. The summed E-state index contributed by atoms with van der Waals surface area (Å²) in [5.74, 6) is 0. The molecule has 0 fully saturated rings. The van der Waals surface area contributed by atoms with Gasteiger partial charge in [0.05, 0.1) is 0 Å². The fourth-order valence-corrected chi connectivity index (χ4v) is 0. The summed E-state index contributed by atoms with van der Waals surface area (Å²) in [6.45, 7) is 1.39. The van der Waals surface area contributed by atoms with Crippen LogP contribution in [0, 0.1) is 0 Å². The third-order valence-electron chi connectivity index (χ3n) is 0. The molecule has 0 aliphatic heterocycles. The number of thiol groups is 1. The second-order valence-corrected chi connectivity index (χ2v) is 1.15. The van der Waals surface area contributed by atoms with Gasteiger partial charge < -0.3 is 0 Å². The van der Waals surface area contributed by atoms with E-state index < -0.39 is 0 Å². The van der Waals surface area contributed by atoms with Gasteiger partial charge in [0.2, 0.25) is 0 Å². The van der Waals surface area contributed by atoms with Crippen LogP contribution in [0.5, 0.6) is 0 Å².